The summed E-state index contributed by atoms with van der Waals surface area (Å²) >= 11 is 3.28. The summed E-state index contributed by atoms with van der Waals surface area (Å²) in [4.78, 5) is 17.8. The number of aliphatic hydroxyl groups excluding tert-OH is 1. The average molecular weight is 314 g/mol. The van der Waals surface area contributed by atoms with Gasteiger partial charge in [0.25, 0.3) is 5.91 Å². The number of carbonyl (C=O) groups excluding carboxylic acids is 1. The Morgan fingerprint density at radius 1 is 1.67 bits per heavy atom. The van der Waals surface area contributed by atoms with Crippen LogP contribution in [0.2, 0.25) is 0 Å². The van der Waals surface area contributed by atoms with Gasteiger partial charge in [0.2, 0.25) is 0 Å². The highest BCUT2D eigenvalue weighted by molar-refractivity contribution is 9.10. The van der Waals surface area contributed by atoms with Crippen molar-refractivity contribution in [1.29, 1.82) is 0 Å². The van der Waals surface area contributed by atoms with Gasteiger partial charge < -0.3 is 15.7 Å². The van der Waals surface area contributed by atoms with E-state index in [2.05, 4.69) is 20.9 Å². The second kappa shape index (κ2) is 5.24. The standard InChI is InChI=1S/C12H16BrN3O2/c1-16(6-7-2-9(17)3-7)12(18)10-4-8(13)5-15-11(10)14/h4-5,7,9,17H,2-3,6H2,1H3,(H2,14,15). The Morgan fingerprint density at radius 3 is 2.94 bits per heavy atom. The second-order valence-corrected chi connectivity index (χ2v) is 5.68. The molecule has 18 heavy (non-hydrogen) atoms. The SMILES string of the molecule is CN(CC1CC(O)C1)C(=O)c1cc(Br)cnc1N. The molecule has 0 spiro atoms. The first-order valence-corrected chi connectivity index (χ1v) is 6.61. The van der Waals surface area contributed by atoms with Gasteiger partial charge in [0.05, 0.1) is 11.7 Å². The number of anilines is 1. The lowest BCUT2D eigenvalue weighted by atomic mass is 9.82. The topological polar surface area (TPSA) is 79.5 Å². The van der Waals surface area contributed by atoms with Crippen LogP contribution in [0.5, 0.6) is 0 Å². The Morgan fingerprint density at radius 2 is 2.33 bits per heavy atom. The highest BCUT2D eigenvalue weighted by Gasteiger charge is 2.29. The number of nitrogens with two attached hydrogens (primary N) is 1. The van der Waals surface area contributed by atoms with E-state index in [0.29, 0.717) is 18.0 Å². The van der Waals surface area contributed by atoms with Gasteiger partial charge in [0.15, 0.2) is 0 Å². The lowest BCUT2D eigenvalue weighted by Gasteiger charge is -2.34. The van der Waals surface area contributed by atoms with E-state index in [1.807, 2.05) is 0 Å². The number of rotatable bonds is 3. The van der Waals surface area contributed by atoms with Crippen LogP contribution >= 0.6 is 15.9 Å². The van der Waals surface area contributed by atoms with E-state index in [-0.39, 0.29) is 17.8 Å². The third kappa shape index (κ3) is 2.81. The Hall–Kier alpha value is -1.14. The van der Waals surface area contributed by atoms with E-state index in [1.54, 1.807) is 24.2 Å². The fourth-order valence-corrected chi connectivity index (χ4v) is 2.48. The molecule has 0 bridgehead atoms. The molecule has 0 atom stereocenters. The molecule has 1 saturated carbocycles. The van der Waals surface area contributed by atoms with Crippen LogP contribution in [0.4, 0.5) is 5.82 Å². The molecule has 5 nitrogen and oxygen atoms in total. The lowest BCUT2D eigenvalue weighted by Crippen LogP contribution is -2.39. The number of carbonyl (C=O) groups is 1. The van der Waals surface area contributed by atoms with Crippen LogP contribution in [0.3, 0.4) is 0 Å². The molecule has 2 rings (SSSR count). The molecule has 3 N–H and O–H groups in total. The smallest absolute Gasteiger partial charge is 0.257 e. The van der Waals surface area contributed by atoms with Crippen LogP contribution in [0.25, 0.3) is 0 Å². The molecular formula is C12H16BrN3O2. The molecule has 1 aromatic rings. The maximum atomic E-state index is 12.2. The molecule has 0 saturated heterocycles. The largest absolute Gasteiger partial charge is 0.393 e. The number of pyridine rings is 1. The third-order valence-electron chi connectivity index (χ3n) is 3.21. The van der Waals surface area contributed by atoms with Crippen molar-refractivity contribution in [3.8, 4) is 0 Å². The van der Waals surface area contributed by atoms with Gasteiger partial charge in [0, 0.05) is 24.3 Å². The van der Waals surface area contributed by atoms with Crippen LogP contribution < -0.4 is 5.73 Å². The summed E-state index contributed by atoms with van der Waals surface area (Å²) in [5.74, 6) is 0.488. The highest BCUT2D eigenvalue weighted by atomic mass is 79.9. The van der Waals surface area contributed by atoms with Gasteiger partial charge in [-0.1, -0.05) is 0 Å². The van der Waals surface area contributed by atoms with Gasteiger partial charge in [-0.3, -0.25) is 4.79 Å². The van der Waals surface area contributed by atoms with E-state index in [4.69, 9.17) is 5.73 Å². The molecule has 1 aromatic heterocycles. The first kappa shape index (κ1) is 13.3. The molecule has 1 amide bonds. The van der Waals surface area contributed by atoms with Crippen molar-refractivity contribution < 1.29 is 9.90 Å². The number of halogens is 1. The van der Waals surface area contributed by atoms with Crippen molar-refractivity contribution in [3.63, 3.8) is 0 Å². The predicted molar refractivity (Wildman–Crippen MR) is 72.0 cm³/mol. The van der Waals surface area contributed by atoms with Gasteiger partial charge in [-0.25, -0.2) is 4.98 Å². The number of amides is 1. The summed E-state index contributed by atoms with van der Waals surface area (Å²) in [5.41, 5.74) is 6.12. The number of hydrogen-bond donors (Lipinski definition) is 2. The molecule has 6 heteroatoms. The van der Waals surface area contributed by atoms with Crippen LogP contribution in [-0.2, 0) is 0 Å². The van der Waals surface area contributed by atoms with Crippen molar-refractivity contribution in [3.05, 3.63) is 22.3 Å². The maximum Gasteiger partial charge on any atom is 0.257 e. The monoisotopic (exact) mass is 313 g/mol. The fourth-order valence-electron chi connectivity index (χ4n) is 2.15. The predicted octanol–water partition coefficient (Wildman–Crippen LogP) is 1.27. The van der Waals surface area contributed by atoms with Crippen molar-refractivity contribution in [2.24, 2.45) is 5.92 Å². The zero-order chi connectivity index (χ0) is 13.3. The van der Waals surface area contributed by atoms with Gasteiger partial charge in [0.1, 0.15) is 5.82 Å². The molecule has 0 aromatic carbocycles. The van der Waals surface area contributed by atoms with Gasteiger partial charge >= 0.3 is 0 Å². The van der Waals surface area contributed by atoms with Crippen LogP contribution in [0.1, 0.15) is 23.2 Å². The number of nitrogen functional groups attached to an aromatic ring is 1. The van der Waals surface area contributed by atoms with Crippen LogP contribution in [0, 0.1) is 5.92 Å². The van der Waals surface area contributed by atoms with Crippen LogP contribution in [0.15, 0.2) is 16.7 Å². The molecule has 1 aliphatic carbocycles. The fraction of sp³-hybridized carbons (Fsp3) is 0.500. The average Bonchev–Trinajstić information content (AvgIpc) is 2.29. The van der Waals surface area contributed by atoms with E-state index >= 15 is 0 Å². The summed E-state index contributed by atoms with van der Waals surface area (Å²) in [6.45, 7) is 0.641. The Labute approximate surface area is 114 Å². The number of aliphatic hydroxyl groups is 1. The molecular weight excluding hydrogens is 298 g/mol. The number of hydrogen-bond acceptors (Lipinski definition) is 4. The molecule has 1 aliphatic rings. The number of nitrogens with zero attached hydrogens (tertiary/aromatic N) is 2. The summed E-state index contributed by atoms with van der Waals surface area (Å²) in [6, 6.07) is 1.68. The summed E-state index contributed by atoms with van der Waals surface area (Å²) in [7, 11) is 1.74. The Kier molecular flexibility index (Phi) is 3.87. The minimum atomic E-state index is -0.198. The minimum absolute atomic E-state index is 0.136. The molecule has 0 aliphatic heterocycles. The van der Waals surface area contributed by atoms with Crippen molar-refractivity contribution >= 4 is 27.7 Å². The zero-order valence-corrected chi connectivity index (χ0v) is 11.7. The second-order valence-electron chi connectivity index (χ2n) is 4.76. The van der Waals surface area contributed by atoms with Crippen molar-refractivity contribution in [1.82, 2.24) is 9.88 Å². The summed E-state index contributed by atoms with van der Waals surface area (Å²) in [6.07, 6.45) is 2.90. The Bertz CT molecular complexity index is 461. The van der Waals surface area contributed by atoms with Gasteiger partial charge in [-0.05, 0) is 40.8 Å². The Balaban J connectivity index is 2.03. The van der Waals surface area contributed by atoms with Crippen molar-refractivity contribution in [2.75, 3.05) is 19.3 Å². The molecule has 98 valence electrons. The van der Waals surface area contributed by atoms with Crippen molar-refractivity contribution in [2.45, 2.75) is 18.9 Å². The molecule has 1 heterocycles. The first-order chi connectivity index (χ1) is 8.47. The quantitative estimate of drug-likeness (QED) is 0.880. The van der Waals surface area contributed by atoms with E-state index in [0.717, 1.165) is 17.3 Å². The third-order valence-corrected chi connectivity index (χ3v) is 3.64. The molecule has 0 unspecified atom stereocenters. The lowest BCUT2D eigenvalue weighted by molar-refractivity contribution is 0.0265. The number of aromatic nitrogens is 1. The van der Waals surface area contributed by atoms with E-state index in [9.17, 15) is 9.90 Å². The maximum absolute atomic E-state index is 12.2. The first-order valence-electron chi connectivity index (χ1n) is 5.82. The van der Waals surface area contributed by atoms with Crippen LogP contribution in [-0.4, -0.2) is 40.6 Å². The highest BCUT2D eigenvalue weighted by Crippen LogP contribution is 2.28. The molecule has 0 radical (unpaired) electrons. The zero-order valence-electron chi connectivity index (χ0n) is 10.1. The normalized spacial score (nSPS) is 22.4. The van der Waals surface area contributed by atoms with Gasteiger partial charge in [-0.2, -0.15) is 0 Å². The van der Waals surface area contributed by atoms with Gasteiger partial charge in [-0.15, -0.1) is 0 Å². The minimum Gasteiger partial charge on any atom is -0.393 e. The van der Waals surface area contributed by atoms with E-state index in [1.165, 1.54) is 0 Å². The summed E-state index contributed by atoms with van der Waals surface area (Å²) in [5, 5.41) is 9.23. The van der Waals surface area contributed by atoms with E-state index < -0.39 is 0 Å². The molecule has 1 fully saturated rings. The summed E-state index contributed by atoms with van der Waals surface area (Å²) < 4.78 is 0.729.